The molecule has 4 rings (SSSR count). The zero-order valence-electron chi connectivity index (χ0n) is 17.3. The number of rotatable bonds is 4. The van der Waals surface area contributed by atoms with Crippen molar-refractivity contribution in [3.05, 3.63) is 95.5 Å². The molecule has 0 bridgehead atoms. The summed E-state index contributed by atoms with van der Waals surface area (Å²) in [5, 5.41) is 3.54. The van der Waals surface area contributed by atoms with Gasteiger partial charge in [0.25, 0.3) is 0 Å². The van der Waals surface area contributed by atoms with Gasteiger partial charge in [-0.2, -0.15) is 23.7 Å². The van der Waals surface area contributed by atoms with E-state index in [1.54, 1.807) is 30.3 Å². The summed E-state index contributed by atoms with van der Waals surface area (Å²) < 4.78 is 39.6. The normalized spacial score (nSPS) is 11.5. The SMILES string of the molecule is [C-]#[N+]c1cc(-c2cccc(C(C)(C)c3cccc(-n4[c-]cc(C(F)(F)F)n4)n3)n2)[c-]cn1.[Pt+2]. The molecule has 33 heavy (non-hydrogen) atoms. The van der Waals surface area contributed by atoms with Gasteiger partial charge in [-0.25, -0.2) is 0 Å². The molecule has 0 spiro atoms. The molecular weight excluding hydrogens is 612 g/mol. The molecule has 0 saturated heterocycles. The predicted molar refractivity (Wildman–Crippen MR) is 110 cm³/mol. The van der Waals surface area contributed by atoms with E-state index in [0.29, 0.717) is 22.6 Å². The van der Waals surface area contributed by atoms with E-state index >= 15 is 0 Å². The first-order chi connectivity index (χ1) is 15.2. The van der Waals surface area contributed by atoms with Crippen LogP contribution in [0.15, 0.2) is 54.7 Å². The van der Waals surface area contributed by atoms with E-state index in [0.717, 1.165) is 10.7 Å². The molecule has 0 N–H and O–H groups in total. The van der Waals surface area contributed by atoms with Crippen LogP contribution in [0.25, 0.3) is 21.9 Å². The first-order valence-corrected chi connectivity index (χ1v) is 9.44. The van der Waals surface area contributed by atoms with Gasteiger partial charge in [-0.05, 0) is 31.7 Å². The molecule has 4 aromatic heterocycles. The maximum absolute atomic E-state index is 12.9. The first-order valence-electron chi connectivity index (χ1n) is 9.44. The van der Waals surface area contributed by atoms with E-state index in [4.69, 9.17) is 11.6 Å². The molecule has 6 nitrogen and oxygen atoms in total. The van der Waals surface area contributed by atoms with E-state index < -0.39 is 17.3 Å². The zero-order valence-corrected chi connectivity index (χ0v) is 19.6. The maximum atomic E-state index is 12.9. The van der Waals surface area contributed by atoms with Crippen molar-refractivity contribution in [1.82, 2.24) is 24.7 Å². The van der Waals surface area contributed by atoms with Gasteiger partial charge in [-0.3, -0.25) is 10.1 Å². The summed E-state index contributed by atoms with van der Waals surface area (Å²) in [6.45, 7) is 11.0. The van der Waals surface area contributed by atoms with Crippen LogP contribution in [0.2, 0.25) is 0 Å². The number of hydrogen-bond donors (Lipinski definition) is 0. The summed E-state index contributed by atoms with van der Waals surface area (Å²) in [7, 11) is 0. The van der Waals surface area contributed by atoms with Gasteiger partial charge in [0, 0.05) is 16.8 Å². The monoisotopic (exact) mass is 627 g/mol. The van der Waals surface area contributed by atoms with Gasteiger partial charge in [0.05, 0.1) is 17.7 Å². The summed E-state index contributed by atoms with van der Waals surface area (Å²) in [6.07, 6.45) is -0.660. The molecule has 10 heteroatoms. The Balaban J connectivity index is 0.00000306. The molecule has 0 aromatic carbocycles. The summed E-state index contributed by atoms with van der Waals surface area (Å²) >= 11 is 0. The number of aromatic nitrogens is 5. The number of halogens is 3. The van der Waals surface area contributed by atoms with E-state index in [1.807, 2.05) is 26.0 Å². The Morgan fingerprint density at radius 1 is 1.00 bits per heavy atom. The fraction of sp³-hybridized carbons (Fsp3) is 0.174. The summed E-state index contributed by atoms with van der Waals surface area (Å²) in [5.74, 6) is 0.458. The fourth-order valence-electron chi connectivity index (χ4n) is 3.08. The van der Waals surface area contributed by atoms with Gasteiger partial charge in [0.2, 0.25) is 5.82 Å². The standard InChI is InChI=1S/C23H15F3N6.Pt/c1-22(2,17-7-4-6-16(29-17)15-10-12-28-20(14-15)27-3)18-8-5-9-21(30-18)32-13-11-19(31-32)23(24,25)26;/h4-9,11-12,14H,1-2H3;/q-2;+2. The molecule has 0 saturated carbocycles. The van der Waals surface area contributed by atoms with Crippen LogP contribution >= 0.6 is 0 Å². The van der Waals surface area contributed by atoms with Gasteiger partial charge < -0.3 is 14.5 Å². The topological polar surface area (TPSA) is 60.9 Å². The van der Waals surface area contributed by atoms with Crippen LogP contribution in [-0.4, -0.2) is 24.7 Å². The second-order valence-corrected chi connectivity index (χ2v) is 7.41. The van der Waals surface area contributed by atoms with Crippen molar-refractivity contribution in [2.75, 3.05) is 0 Å². The second kappa shape index (κ2) is 9.24. The fourth-order valence-corrected chi connectivity index (χ4v) is 3.08. The van der Waals surface area contributed by atoms with Gasteiger partial charge in [0.1, 0.15) is 0 Å². The van der Waals surface area contributed by atoms with Crippen molar-refractivity contribution in [1.29, 1.82) is 0 Å². The molecule has 0 amide bonds. The third-order valence-corrected chi connectivity index (χ3v) is 4.88. The molecular formula is C23H15F3N6Pt. The van der Waals surface area contributed by atoms with Crippen LogP contribution in [0.1, 0.15) is 30.9 Å². The molecule has 0 fully saturated rings. The first kappa shape index (κ1) is 24.3. The van der Waals surface area contributed by atoms with Gasteiger partial charge in [0.15, 0.2) is 0 Å². The third-order valence-electron chi connectivity index (χ3n) is 4.88. The second-order valence-electron chi connectivity index (χ2n) is 7.41. The van der Waals surface area contributed by atoms with E-state index in [2.05, 4.69) is 32.2 Å². The summed E-state index contributed by atoms with van der Waals surface area (Å²) in [5.41, 5.74) is 0.824. The van der Waals surface area contributed by atoms with Crippen molar-refractivity contribution in [3.8, 4) is 17.1 Å². The van der Waals surface area contributed by atoms with Crippen molar-refractivity contribution in [2.24, 2.45) is 0 Å². The van der Waals surface area contributed by atoms with Crippen molar-refractivity contribution < 1.29 is 34.2 Å². The molecule has 0 aliphatic carbocycles. The van der Waals surface area contributed by atoms with Crippen LogP contribution in [0.5, 0.6) is 0 Å². The number of pyridine rings is 3. The maximum Gasteiger partial charge on any atom is 2.00 e. The Kier molecular flexibility index (Phi) is 6.80. The molecule has 0 radical (unpaired) electrons. The van der Waals surface area contributed by atoms with Crippen LogP contribution < -0.4 is 0 Å². The molecule has 0 aliphatic rings. The summed E-state index contributed by atoms with van der Waals surface area (Å²) in [6, 6.07) is 15.9. The average Bonchev–Trinajstić information content (AvgIpc) is 3.30. The Bertz CT molecular complexity index is 1320. The van der Waals surface area contributed by atoms with Gasteiger partial charge in [-0.1, -0.05) is 37.0 Å². The minimum atomic E-state index is -4.56. The molecule has 4 aromatic rings. The number of nitrogens with zero attached hydrogens (tertiary/aromatic N) is 6. The van der Waals surface area contributed by atoms with Crippen molar-refractivity contribution in [2.45, 2.75) is 25.4 Å². The molecule has 4 heterocycles. The zero-order chi connectivity index (χ0) is 22.9. The molecule has 0 aliphatic heterocycles. The predicted octanol–water partition coefficient (Wildman–Crippen LogP) is 5.22. The molecule has 168 valence electrons. The molecule has 0 atom stereocenters. The Morgan fingerprint density at radius 2 is 1.70 bits per heavy atom. The van der Waals surface area contributed by atoms with Crippen molar-refractivity contribution >= 4 is 5.82 Å². The third kappa shape index (κ3) is 5.01. The van der Waals surface area contributed by atoms with Crippen LogP contribution in [0.4, 0.5) is 19.0 Å². The van der Waals surface area contributed by atoms with Gasteiger partial charge in [-0.15, -0.1) is 18.2 Å². The van der Waals surface area contributed by atoms with Gasteiger partial charge >= 0.3 is 27.2 Å². The van der Waals surface area contributed by atoms with Crippen LogP contribution in [0.3, 0.4) is 0 Å². The van der Waals surface area contributed by atoms with E-state index in [9.17, 15) is 13.2 Å². The Labute approximate surface area is 202 Å². The molecule has 0 unspecified atom stereocenters. The van der Waals surface area contributed by atoms with E-state index in [1.165, 1.54) is 6.20 Å². The summed E-state index contributed by atoms with van der Waals surface area (Å²) in [4.78, 5) is 16.5. The number of hydrogen-bond acceptors (Lipinski definition) is 4. The minimum absolute atomic E-state index is 0. The van der Waals surface area contributed by atoms with Crippen LogP contribution in [0, 0.1) is 18.8 Å². The van der Waals surface area contributed by atoms with E-state index in [-0.39, 0.29) is 32.7 Å². The number of alkyl halides is 3. The van der Waals surface area contributed by atoms with Crippen LogP contribution in [-0.2, 0) is 32.7 Å². The average molecular weight is 627 g/mol. The Hall–Kier alpha value is -3.37. The van der Waals surface area contributed by atoms with Crippen molar-refractivity contribution in [3.63, 3.8) is 0 Å². The smallest absolute Gasteiger partial charge is 0.373 e. The quantitative estimate of drug-likeness (QED) is 0.292. The minimum Gasteiger partial charge on any atom is -0.373 e. The largest absolute Gasteiger partial charge is 2.00 e. The Morgan fingerprint density at radius 3 is 2.36 bits per heavy atom.